The largest absolute Gasteiger partial charge is 0.472 e. The Morgan fingerprint density at radius 2 is 1.58 bits per heavy atom. The molecule has 0 aromatic rings. The average Bonchev–Trinajstić information content (AvgIpc) is 2.76. The molecule has 0 amide bonds. The average molecular weight is 466 g/mol. The molecule has 0 aliphatic rings. The first-order valence-corrected chi connectivity index (χ1v) is 13.2. The van der Waals surface area contributed by atoms with Crippen LogP contribution in [0.25, 0.3) is 0 Å². The number of carbonyl (C=O) groups is 1. The second kappa shape index (κ2) is 21.1. The molecule has 0 bridgehead atoms. The van der Waals surface area contributed by atoms with E-state index in [4.69, 9.17) is 19.7 Å². The van der Waals surface area contributed by atoms with E-state index >= 15 is 0 Å². The molecular formula is C22H44NO7P. The van der Waals surface area contributed by atoms with Gasteiger partial charge in [0.2, 0.25) is 0 Å². The van der Waals surface area contributed by atoms with Crippen LogP contribution < -0.4 is 5.73 Å². The van der Waals surface area contributed by atoms with Gasteiger partial charge >= 0.3 is 13.8 Å². The summed E-state index contributed by atoms with van der Waals surface area (Å²) in [7, 11) is -4.22. The fourth-order valence-corrected chi connectivity index (χ4v) is 3.48. The maximum atomic E-state index is 11.7. The third-order valence-corrected chi connectivity index (χ3v) is 5.47. The summed E-state index contributed by atoms with van der Waals surface area (Å²) >= 11 is 0. The number of phosphoric acid groups is 1. The van der Waals surface area contributed by atoms with Crippen molar-refractivity contribution in [3.63, 3.8) is 0 Å². The Morgan fingerprint density at radius 1 is 0.935 bits per heavy atom. The molecule has 0 radical (unpaired) electrons. The molecule has 0 heterocycles. The van der Waals surface area contributed by atoms with Crippen molar-refractivity contribution in [3.05, 3.63) is 12.2 Å². The Labute approximate surface area is 188 Å². The molecule has 0 saturated carbocycles. The highest BCUT2D eigenvalue weighted by Gasteiger charge is 2.24. The van der Waals surface area contributed by atoms with Gasteiger partial charge in [0.1, 0.15) is 6.10 Å². The first-order valence-electron chi connectivity index (χ1n) is 11.7. The first kappa shape index (κ1) is 30.2. The van der Waals surface area contributed by atoms with Gasteiger partial charge in [0.15, 0.2) is 0 Å². The van der Waals surface area contributed by atoms with Crippen molar-refractivity contribution in [3.8, 4) is 0 Å². The van der Waals surface area contributed by atoms with Crippen molar-refractivity contribution in [2.24, 2.45) is 5.73 Å². The van der Waals surface area contributed by atoms with E-state index < -0.39 is 19.9 Å². The highest BCUT2D eigenvalue weighted by molar-refractivity contribution is 7.47. The van der Waals surface area contributed by atoms with E-state index in [-0.39, 0.29) is 32.8 Å². The SMILES string of the molecule is CCCC/C=C\CCCCCCCCOCC(COP(=O)(O)OCCN)OC(=O)CC. The van der Waals surface area contributed by atoms with Crippen molar-refractivity contribution in [2.75, 3.05) is 33.0 Å². The van der Waals surface area contributed by atoms with E-state index in [9.17, 15) is 14.3 Å². The van der Waals surface area contributed by atoms with Gasteiger partial charge < -0.3 is 20.1 Å². The normalized spacial score (nSPS) is 14.6. The Hall–Kier alpha value is -0.760. The molecule has 0 fully saturated rings. The number of phosphoric ester groups is 1. The monoisotopic (exact) mass is 465 g/mol. The lowest BCUT2D eigenvalue weighted by Crippen LogP contribution is -2.28. The fourth-order valence-electron chi connectivity index (χ4n) is 2.71. The quantitative estimate of drug-likeness (QED) is 0.100. The van der Waals surface area contributed by atoms with Crippen LogP contribution in [0.5, 0.6) is 0 Å². The summed E-state index contributed by atoms with van der Waals surface area (Å²) < 4.78 is 32.0. The molecule has 31 heavy (non-hydrogen) atoms. The van der Waals surface area contributed by atoms with Crippen LogP contribution in [0.15, 0.2) is 12.2 Å². The van der Waals surface area contributed by atoms with Crippen molar-refractivity contribution in [1.29, 1.82) is 0 Å². The zero-order valence-corrected chi connectivity index (χ0v) is 20.4. The van der Waals surface area contributed by atoms with Gasteiger partial charge in [-0.15, -0.1) is 0 Å². The van der Waals surface area contributed by atoms with Crippen LogP contribution in [0.4, 0.5) is 0 Å². The summed E-state index contributed by atoms with van der Waals surface area (Å²) in [5, 5.41) is 0. The minimum absolute atomic E-state index is 0.0979. The number of hydrogen-bond acceptors (Lipinski definition) is 7. The van der Waals surface area contributed by atoms with Gasteiger partial charge in [-0.1, -0.05) is 64.5 Å². The second-order valence-corrected chi connectivity index (χ2v) is 8.90. The van der Waals surface area contributed by atoms with Crippen molar-refractivity contribution in [1.82, 2.24) is 0 Å². The standard InChI is InChI=1S/C22H44NO7P/c1-3-5-6-7-8-9-10-11-12-13-14-15-17-27-19-21(30-22(24)4-2)20-29-31(25,26)28-18-16-23/h7-8,21H,3-6,9-20,23H2,1-2H3,(H,25,26)/b8-7-. The molecule has 2 unspecified atom stereocenters. The maximum absolute atomic E-state index is 11.7. The molecule has 0 aliphatic heterocycles. The summed E-state index contributed by atoms with van der Waals surface area (Å²) in [5.41, 5.74) is 5.24. The fraction of sp³-hybridized carbons (Fsp3) is 0.864. The van der Waals surface area contributed by atoms with Crippen LogP contribution >= 0.6 is 7.82 Å². The summed E-state index contributed by atoms with van der Waals surface area (Å²) in [6, 6.07) is 0. The molecule has 9 heteroatoms. The Bertz CT molecular complexity index is 502. The van der Waals surface area contributed by atoms with Crippen LogP contribution in [0.3, 0.4) is 0 Å². The number of esters is 1. The molecule has 0 aromatic carbocycles. The van der Waals surface area contributed by atoms with Crippen LogP contribution in [-0.2, 0) is 27.9 Å². The molecule has 184 valence electrons. The highest BCUT2D eigenvalue weighted by atomic mass is 31.2. The van der Waals surface area contributed by atoms with Gasteiger partial charge in [0, 0.05) is 19.6 Å². The summed E-state index contributed by atoms with van der Waals surface area (Å²) in [5.74, 6) is -0.423. The highest BCUT2D eigenvalue weighted by Crippen LogP contribution is 2.43. The Morgan fingerprint density at radius 3 is 2.23 bits per heavy atom. The molecule has 3 N–H and O–H groups in total. The lowest BCUT2D eigenvalue weighted by Gasteiger charge is -2.19. The van der Waals surface area contributed by atoms with Crippen molar-refractivity contribution >= 4 is 13.8 Å². The Balaban J connectivity index is 3.86. The number of ether oxygens (including phenoxy) is 2. The molecule has 0 rings (SSSR count). The van der Waals surface area contributed by atoms with Crippen LogP contribution in [0, 0.1) is 0 Å². The van der Waals surface area contributed by atoms with E-state index in [0.29, 0.717) is 6.61 Å². The summed E-state index contributed by atoms with van der Waals surface area (Å²) in [4.78, 5) is 21.1. The predicted molar refractivity (Wildman–Crippen MR) is 123 cm³/mol. The van der Waals surface area contributed by atoms with Crippen LogP contribution in [0.1, 0.15) is 84.5 Å². The van der Waals surface area contributed by atoms with Crippen molar-refractivity contribution in [2.45, 2.75) is 90.6 Å². The van der Waals surface area contributed by atoms with Gasteiger partial charge in [-0.25, -0.2) is 4.57 Å². The minimum Gasteiger partial charge on any atom is -0.457 e. The number of nitrogens with two attached hydrogens (primary N) is 1. The van der Waals surface area contributed by atoms with Gasteiger partial charge in [-0.3, -0.25) is 13.8 Å². The molecule has 8 nitrogen and oxygen atoms in total. The molecule has 0 aliphatic carbocycles. The zero-order chi connectivity index (χ0) is 23.2. The number of unbranched alkanes of at least 4 members (excludes halogenated alkanes) is 8. The topological polar surface area (TPSA) is 117 Å². The van der Waals surface area contributed by atoms with E-state index in [1.54, 1.807) is 6.92 Å². The van der Waals surface area contributed by atoms with E-state index in [1.807, 2.05) is 0 Å². The van der Waals surface area contributed by atoms with E-state index in [1.165, 1.54) is 51.4 Å². The van der Waals surface area contributed by atoms with Gasteiger partial charge in [-0.05, 0) is 25.7 Å². The molecule has 0 saturated heterocycles. The van der Waals surface area contributed by atoms with Crippen LogP contribution in [0.2, 0.25) is 0 Å². The van der Waals surface area contributed by atoms with E-state index in [0.717, 1.165) is 12.8 Å². The smallest absolute Gasteiger partial charge is 0.457 e. The number of hydrogen-bond donors (Lipinski definition) is 2. The van der Waals surface area contributed by atoms with Crippen LogP contribution in [-0.4, -0.2) is 49.9 Å². The Kier molecular flexibility index (Phi) is 20.6. The number of carbonyl (C=O) groups excluding carboxylic acids is 1. The molecule has 0 spiro atoms. The van der Waals surface area contributed by atoms with E-state index in [2.05, 4.69) is 23.6 Å². The predicted octanol–water partition coefficient (Wildman–Crippen LogP) is 4.89. The van der Waals surface area contributed by atoms with Gasteiger partial charge in [0.05, 0.1) is 19.8 Å². The zero-order valence-electron chi connectivity index (χ0n) is 19.5. The summed E-state index contributed by atoms with van der Waals surface area (Å²) in [6.45, 7) is 4.25. The molecule has 2 atom stereocenters. The third-order valence-electron chi connectivity index (χ3n) is 4.49. The third kappa shape index (κ3) is 20.9. The second-order valence-electron chi connectivity index (χ2n) is 7.45. The summed E-state index contributed by atoms with van der Waals surface area (Å²) in [6.07, 6.45) is 15.8. The maximum Gasteiger partial charge on any atom is 0.472 e. The number of rotatable bonds is 22. The molecule has 0 aromatic heterocycles. The van der Waals surface area contributed by atoms with Crippen molar-refractivity contribution < 1.29 is 32.8 Å². The molecular weight excluding hydrogens is 421 g/mol. The first-order chi connectivity index (χ1) is 14.9. The lowest BCUT2D eigenvalue weighted by molar-refractivity contribution is -0.154. The van der Waals surface area contributed by atoms with Gasteiger partial charge in [-0.2, -0.15) is 0 Å². The minimum atomic E-state index is -4.22. The van der Waals surface area contributed by atoms with Gasteiger partial charge in [0.25, 0.3) is 0 Å². The number of allylic oxidation sites excluding steroid dienone is 2. The lowest BCUT2D eigenvalue weighted by atomic mass is 10.1.